The Kier molecular flexibility index (Phi) is 4.34. The van der Waals surface area contributed by atoms with E-state index in [-0.39, 0.29) is 5.91 Å². The molecule has 4 heteroatoms. The first kappa shape index (κ1) is 13.3. The van der Waals surface area contributed by atoms with Gasteiger partial charge in [-0.25, -0.2) is 4.98 Å². The molecule has 1 heterocycles. The van der Waals surface area contributed by atoms with E-state index in [1.807, 2.05) is 30.3 Å². The van der Waals surface area contributed by atoms with E-state index < -0.39 is 0 Å². The van der Waals surface area contributed by atoms with Crippen LogP contribution in [0.15, 0.2) is 41.1 Å². The van der Waals surface area contributed by atoms with Crippen molar-refractivity contribution in [2.24, 2.45) is 0 Å². The number of hydrogen-bond acceptors (Lipinski definition) is 3. The second-order valence-electron chi connectivity index (χ2n) is 4.48. The molecular formula is C15H18N2O2. The van der Waals surface area contributed by atoms with Crippen LogP contribution in [-0.4, -0.2) is 29.4 Å². The number of nitrogens with zero attached hydrogens (tertiary/aromatic N) is 2. The number of unbranched alkanes of at least 4 members (excludes halogenated alkanes) is 1. The summed E-state index contributed by atoms with van der Waals surface area (Å²) < 4.78 is 5.28. The number of hydrogen-bond donors (Lipinski definition) is 0. The molecule has 0 atom stereocenters. The van der Waals surface area contributed by atoms with Gasteiger partial charge in [-0.15, -0.1) is 0 Å². The summed E-state index contributed by atoms with van der Waals surface area (Å²) in [7, 11) is 1.79. The van der Waals surface area contributed by atoms with Gasteiger partial charge in [-0.1, -0.05) is 43.7 Å². The Hall–Kier alpha value is -2.10. The monoisotopic (exact) mass is 258 g/mol. The fraction of sp³-hybridized carbons (Fsp3) is 0.333. The average Bonchev–Trinajstić information content (AvgIpc) is 2.94. The molecule has 0 aliphatic carbocycles. The van der Waals surface area contributed by atoms with Crippen molar-refractivity contribution < 1.29 is 9.21 Å². The molecule has 0 bridgehead atoms. The van der Waals surface area contributed by atoms with Crippen molar-refractivity contribution in [1.82, 2.24) is 9.88 Å². The van der Waals surface area contributed by atoms with E-state index in [4.69, 9.17) is 4.42 Å². The van der Waals surface area contributed by atoms with Gasteiger partial charge < -0.3 is 9.32 Å². The van der Waals surface area contributed by atoms with Gasteiger partial charge in [-0.05, 0) is 6.42 Å². The Balaban J connectivity index is 2.22. The lowest BCUT2D eigenvalue weighted by atomic mass is 10.1. The molecule has 0 radical (unpaired) electrons. The number of benzene rings is 1. The SMILES string of the molecule is CCCCN(C)C(=O)c1ocnc1-c1ccccc1. The maximum absolute atomic E-state index is 12.3. The zero-order valence-corrected chi connectivity index (χ0v) is 11.3. The minimum atomic E-state index is -0.121. The van der Waals surface area contributed by atoms with E-state index in [2.05, 4.69) is 11.9 Å². The lowest BCUT2D eigenvalue weighted by molar-refractivity contribution is 0.0763. The minimum Gasteiger partial charge on any atom is -0.438 e. The number of amides is 1. The molecule has 2 aromatic rings. The first-order valence-corrected chi connectivity index (χ1v) is 6.48. The van der Waals surface area contributed by atoms with Crippen molar-refractivity contribution in [2.45, 2.75) is 19.8 Å². The Labute approximate surface area is 113 Å². The van der Waals surface area contributed by atoms with Crippen molar-refractivity contribution in [3.8, 4) is 11.3 Å². The van der Waals surface area contributed by atoms with E-state index in [1.165, 1.54) is 6.39 Å². The molecule has 1 amide bonds. The van der Waals surface area contributed by atoms with Crippen LogP contribution < -0.4 is 0 Å². The summed E-state index contributed by atoms with van der Waals surface area (Å²) >= 11 is 0. The van der Waals surface area contributed by atoms with Crippen LogP contribution in [0.1, 0.15) is 30.3 Å². The molecule has 0 saturated heterocycles. The van der Waals surface area contributed by atoms with Gasteiger partial charge in [-0.3, -0.25) is 4.79 Å². The highest BCUT2D eigenvalue weighted by Crippen LogP contribution is 2.22. The number of rotatable bonds is 5. The fourth-order valence-electron chi connectivity index (χ4n) is 1.87. The van der Waals surface area contributed by atoms with Crippen molar-refractivity contribution >= 4 is 5.91 Å². The quantitative estimate of drug-likeness (QED) is 0.827. The third kappa shape index (κ3) is 3.02. The van der Waals surface area contributed by atoms with Crippen LogP contribution in [0.2, 0.25) is 0 Å². The molecule has 1 aromatic heterocycles. The predicted molar refractivity (Wildman–Crippen MR) is 73.8 cm³/mol. The van der Waals surface area contributed by atoms with Gasteiger partial charge in [0.1, 0.15) is 5.69 Å². The van der Waals surface area contributed by atoms with Gasteiger partial charge in [0, 0.05) is 19.2 Å². The summed E-state index contributed by atoms with van der Waals surface area (Å²) in [5.74, 6) is 0.189. The van der Waals surface area contributed by atoms with Crippen LogP contribution >= 0.6 is 0 Å². The largest absolute Gasteiger partial charge is 0.438 e. The first-order valence-electron chi connectivity index (χ1n) is 6.48. The van der Waals surface area contributed by atoms with E-state index in [0.717, 1.165) is 24.9 Å². The van der Waals surface area contributed by atoms with Crippen LogP contribution in [0.3, 0.4) is 0 Å². The van der Waals surface area contributed by atoms with Crippen molar-refractivity contribution in [3.63, 3.8) is 0 Å². The second-order valence-corrected chi connectivity index (χ2v) is 4.48. The molecular weight excluding hydrogens is 240 g/mol. The van der Waals surface area contributed by atoms with E-state index in [0.29, 0.717) is 11.5 Å². The van der Waals surface area contributed by atoms with Gasteiger partial charge >= 0.3 is 0 Å². The highest BCUT2D eigenvalue weighted by molar-refractivity contribution is 5.96. The normalized spacial score (nSPS) is 10.4. The highest BCUT2D eigenvalue weighted by Gasteiger charge is 2.21. The molecule has 4 nitrogen and oxygen atoms in total. The van der Waals surface area contributed by atoms with E-state index in [1.54, 1.807) is 11.9 Å². The van der Waals surface area contributed by atoms with Crippen molar-refractivity contribution in [2.75, 3.05) is 13.6 Å². The zero-order chi connectivity index (χ0) is 13.7. The molecule has 0 aliphatic rings. The van der Waals surface area contributed by atoms with Crippen LogP contribution in [0.4, 0.5) is 0 Å². The summed E-state index contributed by atoms with van der Waals surface area (Å²) in [5.41, 5.74) is 1.50. The number of carbonyl (C=O) groups is 1. The van der Waals surface area contributed by atoms with Crippen molar-refractivity contribution in [3.05, 3.63) is 42.5 Å². The predicted octanol–water partition coefficient (Wildman–Crippen LogP) is 3.21. The van der Waals surface area contributed by atoms with Crippen LogP contribution in [0.5, 0.6) is 0 Å². The Morgan fingerprint density at radius 1 is 1.32 bits per heavy atom. The summed E-state index contributed by atoms with van der Waals surface area (Å²) in [5, 5.41) is 0. The lowest BCUT2D eigenvalue weighted by Crippen LogP contribution is -2.27. The van der Waals surface area contributed by atoms with Crippen molar-refractivity contribution in [1.29, 1.82) is 0 Å². The lowest BCUT2D eigenvalue weighted by Gasteiger charge is -2.15. The number of oxazole rings is 1. The summed E-state index contributed by atoms with van der Waals surface area (Å²) in [4.78, 5) is 18.1. The molecule has 0 fully saturated rings. The Bertz CT molecular complexity index is 534. The summed E-state index contributed by atoms with van der Waals surface area (Å²) in [6, 6.07) is 9.60. The maximum Gasteiger partial charge on any atom is 0.291 e. The third-order valence-corrected chi connectivity index (χ3v) is 3.00. The van der Waals surface area contributed by atoms with Gasteiger partial charge in [0.2, 0.25) is 5.76 Å². The van der Waals surface area contributed by atoms with E-state index in [9.17, 15) is 4.79 Å². The standard InChI is InChI=1S/C15H18N2O2/c1-3-4-10-17(2)15(18)14-13(16-11-19-14)12-8-6-5-7-9-12/h5-9,11H,3-4,10H2,1-2H3. The molecule has 100 valence electrons. The smallest absolute Gasteiger partial charge is 0.291 e. The number of carbonyl (C=O) groups excluding carboxylic acids is 1. The van der Waals surface area contributed by atoms with Crippen LogP contribution in [0, 0.1) is 0 Å². The molecule has 0 unspecified atom stereocenters. The van der Waals surface area contributed by atoms with Crippen LogP contribution in [-0.2, 0) is 0 Å². The van der Waals surface area contributed by atoms with Gasteiger partial charge in [0.15, 0.2) is 6.39 Å². The van der Waals surface area contributed by atoms with Crippen LogP contribution in [0.25, 0.3) is 11.3 Å². The molecule has 0 aliphatic heterocycles. The minimum absolute atomic E-state index is 0.121. The Morgan fingerprint density at radius 2 is 2.05 bits per heavy atom. The summed E-state index contributed by atoms with van der Waals surface area (Å²) in [6.07, 6.45) is 3.36. The zero-order valence-electron chi connectivity index (χ0n) is 11.3. The fourth-order valence-corrected chi connectivity index (χ4v) is 1.87. The summed E-state index contributed by atoms with van der Waals surface area (Å²) in [6.45, 7) is 2.83. The van der Waals surface area contributed by atoms with E-state index >= 15 is 0 Å². The average molecular weight is 258 g/mol. The van der Waals surface area contributed by atoms with Gasteiger partial charge in [-0.2, -0.15) is 0 Å². The Morgan fingerprint density at radius 3 is 2.74 bits per heavy atom. The molecule has 0 saturated carbocycles. The second kappa shape index (κ2) is 6.18. The highest BCUT2D eigenvalue weighted by atomic mass is 16.3. The van der Waals surface area contributed by atoms with Gasteiger partial charge in [0.25, 0.3) is 5.91 Å². The maximum atomic E-state index is 12.3. The topological polar surface area (TPSA) is 46.3 Å². The molecule has 19 heavy (non-hydrogen) atoms. The first-order chi connectivity index (χ1) is 9.24. The molecule has 0 spiro atoms. The van der Waals surface area contributed by atoms with Gasteiger partial charge in [0.05, 0.1) is 0 Å². The molecule has 0 N–H and O–H groups in total. The molecule has 2 rings (SSSR count). The third-order valence-electron chi connectivity index (χ3n) is 3.00. The molecule has 1 aromatic carbocycles. The number of aromatic nitrogens is 1.